The normalized spacial score (nSPS) is 14.0. The van der Waals surface area contributed by atoms with Crippen LogP contribution in [0.1, 0.15) is 37.2 Å². The van der Waals surface area contributed by atoms with Crippen LogP contribution in [0.25, 0.3) is 0 Å². The summed E-state index contributed by atoms with van der Waals surface area (Å²) in [5, 5.41) is 3.19. The van der Waals surface area contributed by atoms with Crippen molar-refractivity contribution < 1.29 is 9.53 Å². The van der Waals surface area contributed by atoms with Gasteiger partial charge >= 0.3 is 0 Å². The molecule has 1 saturated heterocycles. The Bertz CT molecular complexity index is 694. The van der Waals surface area contributed by atoms with E-state index >= 15 is 0 Å². The molecular weight excluding hydrogens is 304 g/mol. The summed E-state index contributed by atoms with van der Waals surface area (Å²) in [4.78, 5) is 22.7. The van der Waals surface area contributed by atoms with Crippen LogP contribution < -0.4 is 10.1 Å². The van der Waals surface area contributed by atoms with E-state index in [4.69, 9.17) is 4.74 Å². The molecule has 1 aliphatic rings. The number of nitrogens with one attached hydrogen (secondary N) is 1. The van der Waals surface area contributed by atoms with Crippen LogP contribution in [0.15, 0.2) is 36.7 Å². The first kappa shape index (κ1) is 16.2. The zero-order valence-corrected chi connectivity index (χ0v) is 14.0. The molecule has 1 aromatic heterocycles. The van der Waals surface area contributed by atoms with E-state index in [1.54, 1.807) is 6.20 Å². The van der Waals surface area contributed by atoms with E-state index in [0.717, 1.165) is 37.4 Å². The van der Waals surface area contributed by atoms with Crippen LogP contribution in [0.2, 0.25) is 0 Å². The number of rotatable bonds is 5. The maximum atomic E-state index is 12.3. The predicted octanol–water partition coefficient (Wildman–Crippen LogP) is 3.24. The van der Waals surface area contributed by atoms with E-state index in [-0.39, 0.29) is 12.0 Å². The SMILES string of the molecule is CC(C)Oc1ccccc1Nc1cnc(C(=O)N2CCCC2)cn1. The van der Waals surface area contributed by atoms with Gasteiger partial charge in [-0.1, -0.05) is 12.1 Å². The van der Waals surface area contributed by atoms with Crippen molar-refractivity contribution in [3.8, 4) is 5.75 Å². The third-order valence-corrected chi connectivity index (χ3v) is 3.78. The largest absolute Gasteiger partial charge is 0.489 e. The third-order valence-electron chi connectivity index (χ3n) is 3.78. The average Bonchev–Trinajstić information content (AvgIpc) is 3.11. The average molecular weight is 326 g/mol. The van der Waals surface area contributed by atoms with Gasteiger partial charge < -0.3 is 15.0 Å². The first-order valence-corrected chi connectivity index (χ1v) is 8.27. The number of hydrogen-bond donors (Lipinski definition) is 1. The van der Waals surface area contributed by atoms with Gasteiger partial charge in [0.1, 0.15) is 17.3 Å². The van der Waals surface area contributed by atoms with Crippen molar-refractivity contribution in [2.45, 2.75) is 32.8 Å². The Morgan fingerprint density at radius 3 is 2.58 bits per heavy atom. The van der Waals surface area contributed by atoms with Gasteiger partial charge in [0.25, 0.3) is 5.91 Å². The van der Waals surface area contributed by atoms with E-state index in [1.165, 1.54) is 6.20 Å². The number of ether oxygens (including phenoxy) is 1. The summed E-state index contributed by atoms with van der Waals surface area (Å²) in [6, 6.07) is 7.67. The topological polar surface area (TPSA) is 67.3 Å². The Morgan fingerprint density at radius 2 is 1.92 bits per heavy atom. The molecule has 0 bridgehead atoms. The number of hydrogen-bond acceptors (Lipinski definition) is 5. The number of likely N-dealkylation sites (tertiary alicyclic amines) is 1. The van der Waals surface area contributed by atoms with Crippen LogP contribution in [0.4, 0.5) is 11.5 Å². The van der Waals surface area contributed by atoms with Gasteiger partial charge in [0.05, 0.1) is 24.2 Å². The summed E-state index contributed by atoms with van der Waals surface area (Å²) >= 11 is 0. The van der Waals surface area contributed by atoms with Crippen LogP contribution in [-0.4, -0.2) is 40.0 Å². The van der Waals surface area contributed by atoms with Gasteiger partial charge in [0.2, 0.25) is 0 Å². The van der Waals surface area contributed by atoms with Crippen LogP contribution in [0, 0.1) is 0 Å². The highest BCUT2D eigenvalue weighted by Gasteiger charge is 2.20. The fourth-order valence-electron chi connectivity index (χ4n) is 2.65. The Kier molecular flexibility index (Phi) is 4.93. The number of amides is 1. The molecule has 1 aliphatic heterocycles. The highest BCUT2D eigenvalue weighted by molar-refractivity contribution is 5.92. The minimum atomic E-state index is -0.0462. The van der Waals surface area contributed by atoms with Gasteiger partial charge in [-0.05, 0) is 38.8 Å². The quantitative estimate of drug-likeness (QED) is 0.913. The molecule has 1 fully saturated rings. The number of carbonyl (C=O) groups is 1. The molecule has 0 atom stereocenters. The summed E-state index contributed by atoms with van der Waals surface area (Å²) in [6.07, 6.45) is 5.31. The van der Waals surface area contributed by atoms with Gasteiger partial charge in [0, 0.05) is 13.1 Å². The number of nitrogens with zero attached hydrogens (tertiary/aromatic N) is 3. The van der Waals surface area contributed by atoms with Crippen molar-refractivity contribution in [3.63, 3.8) is 0 Å². The van der Waals surface area contributed by atoms with E-state index in [2.05, 4.69) is 15.3 Å². The maximum absolute atomic E-state index is 12.3. The minimum Gasteiger partial charge on any atom is -0.489 e. The lowest BCUT2D eigenvalue weighted by Crippen LogP contribution is -2.28. The van der Waals surface area contributed by atoms with Crippen LogP contribution in [-0.2, 0) is 0 Å². The Morgan fingerprint density at radius 1 is 1.17 bits per heavy atom. The lowest BCUT2D eigenvalue weighted by atomic mass is 10.3. The van der Waals surface area contributed by atoms with Crippen molar-refractivity contribution >= 4 is 17.4 Å². The standard InChI is InChI=1S/C18H22N4O2/c1-13(2)24-16-8-4-3-7-14(16)21-17-12-19-15(11-20-17)18(23)22-9-5-6-10-22/h3-4,7-8,11-13H,5-6,9-10H2,1-2H3,(H,20,21). The number of anilines is 2. The van der Waals surface area contributed by atoms with Crippen molar-refractivity contribution in [1.82, 2.24) is 14.9 Å². The van der Waals surface area contributed by atoms with E-state index in [1.807, 2.05) is 43.0 Å². The van der Waals surface area contributed by atoms with Gasteiger partial charge in [-0.15, -0.1) is 0 Å². The van der Waals surface area contributed by atoms with Crippen molar-refractivity contribution in [1.29, 1.82) is 0 Å². The van der Waals surface area contributed by atoms with Gasteiger partial charge in [-0.25, -0.2) is 9.97 Å². The number of carbonyl (C=O) groups excluding carboxylic acids is 1. The molecular formula is C18H22N4O2. The third kappa shape index (κ3) is 3.82. The van der Waals surface area contributed by atoms with Gasteiger partial charge in [-0.2, -0.15) is 0 Å². The second-order valence-electron chi connectivity index (χ2n) is 6.07. The maximum Gasteiger partial charge on any atom is 0.274 e. The molecule has 2 heterocycles. The zero-order chi connectivity index (χ0) is 16.9. The monoisotopic (exact) mass is 326 g/mol. The summed E-state index contributed by atoms with van der Waals surface area (Å²) in [6.45, 7) is 5.57. The number of aromatic nitrogens is 2. The van der Waals surface area contributed by atoms with E-state index in [0.29, 0.717) is 11.5 Å². The molecule has 6 heteroatoms. The summed E-state index contributed by atoms with van der Waals surface area (Å²) in [7, 11) is 0. The number of benzene rings is 1. The molecule has 0 saturated carbocycles. The predicted molar refractivity (Wildman–Crippen MR) is 92.7 cm³/mol. The first-order valence-electron chi connectivity index (χ1n) is 8.27. The number of para-hydroxylation sites is 2. The summed E-state index contributed by atoms with van der Waals surface area (Å²) < 4.78 is 5.78. The molecule has 0 aliphatic carbocycles. The molecule has 3 rings (SSSR count). The first-order chi connectivity index (χ1) is 11.6. The molecule has 6 nitrogen and oxygen atoms in total. The lowest BCUT2D eigenvalue weighted by Gasteiger charge is -2.16. The summed E-state index contributed by atoms with van der Waals surface area (Å²) in [5.74, 6) is 1.29. The van der Waals surface area contributed by atoms with Crippen molar-refractivity contribution in [2.75, 3.05) is 18.4 Å². The Labute approximate surface area is 141 Å². The fraction of sp³-hybridized carbons (Fsp3) is 0.389. The highest BCUT2D eigenvalue weighted by atomic mass is 16.5. The van der Waals surface area contributed by atoms with E-state index < -0.39 is 0 Å². The van der Waals surface area contributed by atoms with Gasteiger partial charge in [0.15, 0.2) is 0 Å². The van der Waals surface area contributed by atoms with Crippen LogP contribution in [0.3, 0.4) is 0 Å². The van der Waals surface area contributed by atoms with E-state index in [9.17, 15) is 4.79 Å². The van der Waals surface area contributed by atoms with Crippen molar-refractivity contribution in [3.05, 3.63) is 42.4 Å². The fourth-order valence-corrected chi connectivity index (χ4v) is 2.65. The summed E-state index contributed by atoms with van der Waals surface area (Å²) in [5.41, 5.74) is 1.20. The lowest BCUT2D eigenvalue weighted by molar-refractivity contribution is 0.0786. The Balaban J connectivity index is 1.71. The molecule has 1 amide bonds. The Hall–Kier alpha value is -2.63. The molecule has 0 spiro atoms. The highest BCUT2D eigenvalue weighted by Crippen LogP contribution is 2.27. The van der Waals surface area contributed by atoms with Crippen molar-refractivity contribution in [2.24, 2.45) is 0 Å². The second-order valence-corrected chi connectivity index (χ2v) is 6.07. The molecule has 24 heavy (non-hydrogen) atoms. The molecule has 0 unspecified atom stereocenters. The van der Waals surface area contributed by atoms with Crippen LogP contribution in [0.5, 0.6) is 5.75 Å². The molecule has 0 radical (unpaired) electrons. The smallest absolute Gasteiger partial charge is 0.274 e. The van der Waals surface area contributed by atoms with Crippen LogP contribution >= 0.6 is 0 Å². The second kappa shape index (κ2) is 7.29. The molecule has 1 N–H and O–H groups in total. The molecule has 126 valence electrons. The van der Waals surface area contributed by atoms with Gasteiger partial charge in [-0.3, -0.25) is 4.79 Å². The molecule has 1 aromatic carbocycles. The minimum absolute atomic E-state index is 0.0462. The molecule has 2 aromatic rings. The zero-order valence-electron chi connectivity index (χ0n) is 14.0.